The number of carboxylic acid groups (broad SMARTS) is 1. The molecule has 0 radical (unpaired) electrons. The summed E-state index contributed by atoms with van der Waals surface area (Å²) < 4.78 is 5.35. The van der Waals surface area contributed by atoms with Crippen LogP contribution in [-0.4, -0.2) is 46.9 Å². The molecule has 0 spiro atoms. The fourth-order valence-corrected chi connectivity index (χ4v) is 2.14. The Morgan fingerprint density at radius 1 is 1.33 bits per heavy atom. The van der Waals surface area contributed by atoms with Gasteiger partial charge in [-0.1, -0.05) is 0 Å². The number of carbonyl (C=O) groups is 3. The van der Waals surface area contributed by atoms with Crippen LogP contribution in [0.15, 0.2) is 28.8 Å². The van der Waals surface area contributed by atoms with Gasteiger partial charge in [-0.3, -0.25) is 14.6 Å². The van der Waals surface area contributed by atoms with Crippen LogP contribution < -0.4 is 5.32 Å². The van der Waals surface area contributed by atoms with Crippen molar-refractivity contribution in [2.75, 3.05) is 14.1 Å². The van der Waals surface area contributed by atoms with E-state index in [1.165, 1.54) is 36.3 Å². The van der Waals surface area contributed by atoms with E-state index in [0.29, 0.717) is 11.3 Å². The molecule has 0 aliphatic rings. The lowest BCUT2D eigenvalue weighted by molar-refractivity contribution is 0.0693. The van der Waals surface area contributed by atoms with Crippen molar-refractivity contribution in [1.82, 2.24) is 15.2 Å². The van der Waals surface area contributed by atoms with Crippen LogP contribution in [0.1, 0.15) is 42.7 Å². The highest BCUT2D eigenvalue weighted by Crippen LogP contribution is 2.17. The minimum absolute atomic E-state index is 0.0717. The number of nitrogens with one attached hydrogen (secondary N) is 1. The Balaban J connectivity index is 2.10. The maximum absolute atomic E-state index is 12.4. The molecule has 0 aromatic carbocycles. The zero-order valence-electron chi connectivity index (χ0n) is 13.5. The van der Waals surface area contributed by atoms with Crippen molar-refractivity contribution >= 4 is 17.8 Å². The number of hydrogen-bond acceptors (Lipinski definition) is 5. The number of furan rings is 1. The Kier molecular flexibility index (Phi) is 4.98. The molecule has 2 rings (SSSR count). The van der Waals surface area contributed by atoms with Crippen LogP contribution in [0.5, 0.6) is 0 Å². The van der Waals surface area contributed by atoms with Crippen molar-refractivity contribution in [2.24, 2.45) is 0 Å². The molecule has 2 amide bonds. The fourth-order valence-electron chi connectivity index (χ4n) is 2.14. The number of aromatic carboxylic acids is 1. The van der Waals surface area contributed by atoms with Gasteiger partial charge < -0.3 is 19.7 Å². The number of pyridine rings is 1. The van der Waals surface area contributed by atoms with Gasteiger partial charge in [-0.15, -0.1) is 0 Å². The Hall–Kier alpha value is -3.16. The van der Waals surface area contributed by atoms with Gasteiger partial charge >= 0.3 is 5.97 Å². The third-order valence-electron chi connectivity index (χ3n) is 3.41. The molecule has 0 saturated heterocycles. The van der Waals surface area contributed by atoms with E-state index in [1.807, 2.05) is 0 Å². The Morgan fingerprint density at radius 2 is 2.04 bits per heavy atom. The molecule has 8 heteroatoms. The van der Waals surface area contributed by atoms with Gasteiger partial charge in [0.05, 0.1) is 12.1 Å². The number of hydrogen-bond donors (Lipinski definition) is 2. The second-order valence-corrected chi connectivity index (χ2v) is 5.16. The van der Waals surface area contributed by atoms with Crippen LogP contribution in [0.2, 0.25) is 0 Å². The standard InChI is InChI=1S/C16H17N3O5/c1-9-12(16(22)23)6-11(24-9)8-19(3)15(21)10-4-5-13(18-7-10)14(20)17-2/h4-7H,8H2,1-3H3,(H,17,20)(H,22,23). The van der Waals surface area contributed by atoms with Crippen molar-refractivity contribution in [3.05, 3.63) is 52.7 Å². The lowest BCUT2D eigenvalue weighted by atomic mass is 10.2. The Labute approximate surface area is 138 Å². The molecule has 0 bridgehead atoms. The van der Waals surface area contributed by atoms with E-state index in [2.05, 4.69) is 10.3 Å². The van der Waals surface area contributed by atoms with Crippen molar-refractivity contribution in [3.8, 4) is 0 Å². The summed E-state index contributed by atoms with van der Waals surface area (Å²) in [6.07, 6.45) is 1.32. The highest BCUT2D eigenvalue weighted by Gasteiger charge is 2.18. The van der Waals surface area contributed by atoms with Gasteiger partial charge in [0.2, 0.25) is 0 Å². The number of amides is 2. The van der Waals surface area contributed by atoms with E-state index in [1.54, 1.807) is 14.0 Å². The first kappa shape index (κ1) is 17.2. The second kappa shape index (κ2) is 6.95. The van der Waals surface area contributed by atoms with Crippen molar-refractivity contribution < 1.29 is 23.9 Å². The Bertz CT molecular complexity index is 780. The van der Waals surface area contributed by atoms with E-state index in [4.69, 9.17) is 9.52 Å². The number of aromatic nitrogens is 1. The van der Waals surface area contributed by atoms with Gasteiger partial charge in [-0.05, 0) is 25.1 Å². The molecule has 0 aliphatic carbocycles. The summed E-state index contributed by atoms with van der Waals surface area (Å²) in [5.41, 5.74) is 0.596. The third kappa shape index (κ3) is 3.60. The topological polar surface area (TPSA) is 113 Å². The number of nitrogens with zero attached hydrogens (tertiary/aromatic N) is 2. The van der Waals surface area contributed by atoms with Crippen LogP contribution >= 0.6 is 0 Å². The van der Waals surface area contributed by atoms with E-state index < -0.39 is 5.97 Å². The summed E-state index contributed by atoms with van der Waals surface area (Å²) in [6.45, 7) is 1.67. The largest absolute Gasteiger partial charge is 0.478 e. The van der Waals surface area contributed by atoms with Crippen LogP contribution in [0.3, 0.4) is 0 Å². The average Bonchev–Trinajstić information content (AvgIpc) is 2.94. The van der Waals surface area contributed by atoms with Gasteiger partial charge in [-0.25, -0.2) is 4.79 Å². The molecule has 0 atom stereocenters. The molecular weight excluding hydrogens is 314 g/mol. The van der Waals surface area contributed by atoms with E-state index in [0.717, 1.165) is 0 Å². The summed E-state index contributed by atoms with van der Waals surface area (Å²) >= 11 is 0. The summed E-state index contributed by atoms with van der Waals surface area (Å²) in [5.74, 6) is -1.08. The maximum Gasteiger partial charge on any atom is 0.339 e. The van der Waals surface area contributed by atoms with E-state index in [-0.39, 0.29) is 35.4 Å². The lowest BCUT2D eigenvalue weighted by Crippen LogP contribution is -2.26. The van der Waals surface area contributed by atoms with Gasteiger partial charge in [0.15, 0.2) is 0 Å². The molecule has 2 aromatic heterocycles. The second-order valence-electron chi connectivity index (χ2n) is 5.16. The lowest BCUT2D eigenvalue weighted by Gasteiger charge is -2.15. The molecular formula is C16H17N3O5. The summed E-state index contributed by atoms with van der Waals surface area (Å²) in [7, 11) is 3.06. The highest BCUT2D eigenvalue weighted by molar-refractivity contribution is 5.96. The zero-order chi connectivity index (χ0) is 17.9. The van der Waals surface area contributed by atoms with Crippen molar-refractivity contribution in [2.45, 2.75) is 13.5 Å². The number of aryl methyl sites for hydroxylation is 1. The van der Waals surface area contributed by atoms with Crippen LogP contribution in [0.25, 0.3) is 0 Å². The van der Waals surface area contributed by atoms with Gasteiger partial charge in [-0.2, -0.15) is 0 Å². The first-order valence-corrected chi connectivity index (χ1v) is 7.09. The first-order chi connectivity index (χ1) is 11.3. The minimum Gasteiger partial charge on any atom is -0.478 e. The molecule has 24 heavy (non-hydrogen) atoms. The monoisotopic (exact) mass is 331 g/mol. The molecule has 0 aliphatic heterocycles. The summed E-state index contributed by atoms with van der Waals surface area (Å²) in [6, 6.07) is 4.36. The van der Waals surface area contributed by atoms with E-state index in [9.17, 15) is 14.4 Å². The Morgan fingerprint density at radius 3 is 2.54 bits per heavy atom. The predicted molar refractivity (Wildman–Crippen MR) is 83.8 cm³/mol. The van der Waals surface area contributed by atoms with Gasteiger partial charge in [0.25, 0.3) is 11.8 Å². The molecule has 0 fully saturated rings. The molecule has 2 N–H and O–H groups in total. The highest BCUT2D eigenvalue weighted by atomic mass is 16.4. The van der Waals surface area contributed by atoms with Crippen LogP contribution in [0, 0.1) is 6.92 Å². The smallest absolute Gasteiger partial charge is 0.339 e. The fraction of sp³-hybridized carbons (Fsp3) is 0.250. The first-order valence-electron chi connectivity index (χ1n) is 7.09. The summed E-state index contributed by atoms with van der Waals surface area (Å²) in [4.78, 5) is 40.1. The van der Waals surface area contributed by atoms with Crippen LogP contribution in [-0.2, 0) is 6.54 Å². The quantitative estimate of drug-likeness (QED) is 0.854. The zero-order valence-corrected chi connectivity index (χ0v) is 13.5. The number of carboxylic acids is 1. The predicted octanol–water partition coefficient (Wildman–Crippen LogP) is 1.31. The van der Waals surface area contributed by atoms with Crippen molar-refractivity contribution in [3.63, 3.8) is 0 Å². The number of rotatable bonds is 5. The van der Waals surface area contributed by atoms with Crippen molar-refractivity contribution in [1.29, 1.82) is 0 Å². The third-order valence-corrected chi connectivity index (χ3v) is 3.41. The molecule has 0 saturated carbocycles. The molecule has 126 valence electrons. The van der Waals surface area contributed by atoms with Gasteiger partial charge in [0, 0.05) is 20.3 Å². The average molecular weight is 331 g/mol. The molecule has 0 unspecified atom stereocenters. The van der Waals surface area contributed by atoms with Gasteiger partial charge in [0.1, 0.15) is 22.8 Å². The summed E-state index contributed by atoms with van der Waals surface area (Å²) in [5, 5.41) is 11.5. The maximum atomic E-state index is 12.4. The van der Waals surface area contributed by atoms with Crippen LogP contribution in [0.4, 0.5) is 0 Å². The normalized spacial score (nSPS) is 10.3. The van der Waals surface area contributed by atoms with E-state index >= 15 is 0 Å². The molecule has 2 aromatic rings. The number of carbonyl (C=O) groups excluding carboxylic acids is 2. The minimum atomic E-state index is -1.08. The SMILES string of the molecule is CNC(=O)c1ccc(C(=O)N(C)Cc2cc(C(=O)O)c(C)o2)cn1. The molecule has 8 nitrogen and oxygen atoms in total. The molecule has 2 heterocycles.